The highest BCUT2D eigenvalue weighted by molar-refractivity contribution is 5.47. The minimum absolute atomic E-state index is 0.393. The van der Waals surface area contributed by atoms with E-state index in [0.29, 0.717) is 12.7 Å². The number of hydrogen-bond acceptors (Lipinski definition) is 3. The van der Waals surface area contributed by atoms with E-state index in [2.05, 4.69) is 6.92 Å². The highest BCUT2D eigenvalue weighted by atomic mass is 16.5. The first-order valence-electron chi connectivity index (χ1n) is 7.27. The second-order valence-corrected chi connectivity index (χ2v) is 5.45. The summed E-state index contributed by atoms with van der Waals surface area (Å²) in [7, 11) is 1.68. The van der Waals surface area contributed by atoms with Crippen molar-refractivity contribution in [2.45, 2.75) is 51.7 Å². The molecular formula is C16H25NO2. The molecule has 1 saturated carbocycles. The number of anilines is 1. The molecular weight excluding hydrogens is 238 g/mol. The maximum Gasteiger partial charge on any atom is 0.124 e. The van der Waals surface area contributed by atoms with Gasteiger partial charge in [-0.1, -0.05) is 26.2 Å². The lowest BCUT2D eigenvalue weighted by molar-refractivity contribution is 0.00109. The molecule has 0 bridgehead atoms. The average Bonchev–Trinajstić information content (AvgIpc) is 2.45. The predicted octanol–water partition coefficient (Wildman–Crippen LogP) is 3.76. The summed E-state index contributed by atoms with van der Waals surface area (Å²) in [4.78, 5) is 0. The van der Waals surface area contributed by atoms with Gasteiger partial charge in [0.2, 0.25) is 0 Å². The monoisotopic (exact) mass is 263 g/mol. The molecule has 0 heterocycles. The molecule has 0 amide bonds. The van der Waals surface area contributed by atoms with Crippen LogP contribution in [0.2, 0.25) is 0 Å². The van der Waals surface area contributed by atoms with Crippen molar-refractivity contribution in [1.29, 1.82) is 0 Å². The summed E-state index contributed by atoms with van der Waals surface area (Å²) in [5.74, 6) is 1.69. The number of methoxy groups -OCH3 is 1. The molecule has 1 aromatic rings. The molecule has 0 spiro atoms. The predicted molar refractivity (Wildman–Crippen MR) is 78.2 cm³/mol. The zero-order valence-corrected chi connectivity index (χ0v) is 12.0. The Morgan fingerprint density at radius 1 is 1.32 bits per heavy atom. The molecule has 0 radical (unpaired) electrons. The highest BCUT2D eigenvalue weighted by Crippen LogP contribution is 2.30. The summed E-state index contributed by atoms with van der Waals surface area (Å²) < 4.78 is 11.4. The van der Waals surface area contributed by atoms with Crippen molar-refractivity contribution in [3.63, 3.8) is 0 Å². The third-order valence-electron chi connectivity index (χ3n) is 4.09. The summed E-state index contributed by atoms with van der Waals surface area (Å²) in [5, 5.41) is 0. The maximum atomic E-state index is 6.06. The van der Waals surface area contributed by atoms with Gasteiger partial charge in [0.1, 0.15) is 5.75 Å². The number of ether oxygens (including phenoxy) is 2. The summed E-state index contributed by atoms with van der Waals surface area (Å²) >= 11 is 0. The van der Waals surface area contributed by atoms with E-state index < -0.39 is 0 Å². The first-order chi connectivity index (χ1) is 9.22. The van der Waals surface area contributed by atoms with Crippen molar-refractivity contribution in [2.24, 2.45) is 5.92 Å². The number of rotatable bonds is 5. The van der Waals surface area contributed by atoms with Crippen LogP contribution < -0.4 is 10.5 Å². The normalized spacial score (nSPS) is 23.3. The molecule has 2 atom stereocenters. The molecule has 19 heavy (non-hydrogen) atoms. The van der Waals surface area contributed by atoms with Crippen molar-refractivity contribution in [1.82, 2.24) is 0 Å². The zero-order valence-electron chi connectivity index (χ0n) is 12.0. The van der Waals surface area contributed by atoms with Gasteiger partial charge in [0.25, 0.3) is 0 Å². The summed E-state index contributed by atoms with van der Waals surface area (Å²) in [6.07, 6.45) is 6.68. The van der Waals surface area contributed by atoms with Gasteiger partial charge < -0.3 is 15.2 Å². The molecule has 0 aromatic heterocycles. The molecule has 1 aliphatic carbocycles. The van der Waals surface area contributed by atoms with E-state index in [0.717, 1.165) is 22.9 Å². The van der Waals surface area contributed by atoms with Crippen molar-refractivity contribution in [3.8, 4) is 5.75 Å². The van der Waals surface area contributed by atoms with Crippen LogP contribution in [0.1, 0.15) is 44.6 Å². The molecule has 2 rings (SSSR count). The van der Waals surface area contributed by atoms with Crippen molar-refractivity contribution < 1.29 is 9.47 Å². The van der Waals surface area contributed by atoms with Crippen LogP contribution >= 0.6 is 0 Å². The van der Waals surface area contributed by atoms with Gasteiger partial charge in [0.15, 0.2) is 0 Å². The van der Waals surface area contributed by atoms with Gasteiger partial charge in [0.05, 0.1) is 19.8 Å². The molecule has 2 N–H and O–H groups in total. The lowest BCUT2D eigenvalue weighted by Gasteiger charge is -2.28. The van der Waals surface area contributed by atoms with Crippen LogP contribution in [-0.2, 0) is 11.3 Å². The molecule has 1 aliphatic rings. The third kappa shape index (κ3) is 3.87. The Morgan fingerprint density at radius 2 is 2.16 bits per heavy atom. The summed E-state index contributed by atoms with van der Waals surface area (Å²) in [6, 6.07) is 5.71. The Balaban J connectivity index is 1.92. The van der Waals surface area contributed by atoms with E-state index in [-0.39, 0.29) is 0 Å². The number of nitrogens with two attached hydrogens (primary N) is 1. The highest BCUT2D eigenvalue weighted by Gasteiger charge is 2.21. The topological polar surface area (TPSA) is 44.5 Å². The third-order valence-corrected chi connectivity index (χ3v) is 4.09. The molecule has 3 nitrogen and oxygen atoms in total. The van der Waals surface area contributed by atoms with E-state index in [1.54, 1.807) is 7.11 Å². The number of hydrogen-bond donors (Lipinski definition) is 1. The smallest absolute Gasteiger partial charge is 0.124 e. The van der Waals surface area contributed by atoms with Gasteiger partial charge in [-0.3, -0.25) is 0 Å². The van der Waals surface area contributed by atoms with Crippen LogP contribution in [0.15, 0.2) is 18.2 Å². The lowest BCUT2D eigenvalue weighted by Crippen LogP contribution is -2.22. The number of nitrogen functional groups attached to an aromatic ring is 1. The van der Waals surface area contributed by atoms with Crippen LogP contribution in [0.25, 0.3) is 0 Å². The van der Waals surface area contributed by atoms with Crippen molar-refractivity contribution >= 4 is 5.69 Å². The Labute approximate surface area is 116 Å². The van der Waals surface area contributed by atoms with E-state index >= 15 is 0 Å². The van der Waals surface area contributed by atoms with E-state index in [9.17, 15) is 0 Å². The molecule has 1 fully saturated rings. The van der Waals surface area contributed by atoms with Gasteiger partial charge in [-0.25, -0.2) is 0 Å². The van der Waals surface area contributed by atoms with Gasteiger partial charge in [-0.05, 0) is 37.0 Å². The van der Waals surface area contributed by atoms with Crippen LogP contribution in [0.5, 0.6) is 5.75 Å². The van der Waals surface area contributed by atoms with Gasteiger partial charge >= 0.3 is 0 Å². The number of benzene rings is 1. The molecule has 2 unspecified atom stereocenters. The Hall–Kier alpha value is -1.22. The first-order valence-corrected chi connectivity index (χ1v) is 7.27. The largest absolute Gasteiger partial charge is 0.496 e. The van der Waals surface area contributed by atoms with Crippen molar-refractivity contribution in [2.75, 3.05) is 12.8 Å². The van der Waals surface area contributed by atoms with Crippen LogP contribution in [0.4, 0.5) is 5.69 Å². The molecule has 1 aromatic carbocycles. The van der Waals surface area contributed by atoms with E-state index in [4.69, 9.17) is 15.2 Å². The molecule has 3 heteroatoms. The Morgan fingerprint density at radius 3 is 2.89 bits per heavy atom. The van der Waals surface area contributed by atoms with Crippen molar-refractivity contribution in [3.05, 3.63) is 23.8 Å². The minimum atomic E-state index is 0.393. The quantitative estimate of drug-likeness (QED) is 0.823. The molecule has 106 valence electrons. The SMILES string of the molecule is CCC1CCCC(OCc2cc(N)ccc2OC)C1. The fourth-order valence-electron chi connectivity index (χ4n) is 2.88. The summed E-state index contributed by atoms with van der Waals surface area (Å²) in [5.41, 5.74) is 7.62. The standard InChI is InChI=1S/C16H25NO2/c1-3-12-5-4-6-15(9-12)19-11-13-10-14(17)7-8-16(13)18-2/h7-8,10,12,15H,3-6,9,11,17H2,1-2H3. The van der Waals surface area contributed by atoms with Gasteiger partial charge in [-0.15, -0.1) is 0 Å². The fraction of sp³-hybridized carbons (Fsp3) is 0.625. The van der Waals surface area contributed by atoms with Crippen LogP contribution in [0, 0.1) is 5.92 Å². The van der Waals surface area contributed by atoms with E-state index in [1.165, 1.54) is 32.1 Å². The Kier molecular flexibility index (Phi) is 5.08. The second-order valence-electron chi connectivity index (χ2n) is 5.45. The van der Waals surface area contributed by atoms with Crippen LogP contribution in [0.3, 0.4) is 0 Å². The first kappa shape index (κ1) is 14.2. The Bertz CT molecular complexity index is 406. The molecule has 0 aliphatic heterocycles. The van der Waals surface area contributed by atoms with Gasteiger partial charge in [0, 0.05) is 11.3 Å². The van der Waals surface area contributed by atoms with Gasteiger partial charge in [-0.2, -0.15) is 0 Å². The fourth-order valence-corrected chi connectivity index (χ4v) is 2.88. The minimum Gasteiger partial charge on any atom is -0.496 e. The lowest BCUT2D eigenvalue weighted by atomic mass is 9.85. The zero-order chi connectivity index (χ0) is 13.7. The molecule has 0 saturated heterocycles. The van der Waals surface area contributed by atoms with E-state index in [1.807, 2.05) is 18.2 Å². The summed E-state index contributed by atoms with van der Waals surface area (Å²) in [6.45, 7) is 2.86. The average molecular weight is 263 g/mol. The second kappa shape index (κ2) is 6.80. The maximum absolute atomic E-state index is 6.06. The van der Waals surface area contributed by atoms with Crippen LogP contribution in [-0.4, -0.2) is 13.2 Å².